The summed E-state index contributed by atoms with van der Waals surface area (Å²) < 4.78 is 59.9. The van der Waals surface area contributed by atoms with Gasteiger partial charge in [-0.1, -0.05) is 35.6 Å². The SMILES string of the molecule is C[Si](C)(C)CCOCn1nc(-c2ccc(Br)cc2F)nc1C(F)(F)F. The highest BCUT2D eigenvalue weighted by molar-refractivity contribution is 9.10. The molecule has 0 fully saturated rings. The lowest BCUT2D eigenvalue weighted by Gasteiger charge is -2.15. The van der Waals surface area contributed by atoms with Crippen molar-refractivity contribution >= 4 is 24.0 Å². The van der Waals surface area contributed by atoms with Crippen molar-refractivity contribution < 1.29 is 22.3 Å². The topological polar surface area (TPSA) is 39.9 Å². The summed E-state index contributed by atoms with van der Waals surface area (Å²) >= 11 is 3.10. The van der Waals surface area contributed by atoms with Gasteiger partial charge < -0.3 is 4.74 Å². The molecule has 0 spiro atoms. The van der Waals surface area contributed by atoms with Gasteiger partial charge in [-0.05, 0) is 24.2 Å². The fourth-order valence-corrected chi connectivity index (χ4v) is 3.05. The van der Waals surface area contributed by atoms with Crippen molar-refractivity contribution in [1.29, 1.82) is 0 Å². The van der Waals surface area contributed by atoms with Gasteiger partial charge in [-0.15, -0.1) is 5.10 Å². The number of nitrogens with zero attached hydrogens (tertiary/aromatic N) is 3. The number of hydrogen-bond donors (Lipinski definition) is 0. The third-order valence-corrected chi connectivity index (χ3v) is 5.50. The number of alkyl halides is 3. The molecule has 0 saturated carbocycles. The number of aromatic nitrogens is 3. The van der Waals surface area contributed by atoms with E-state index >= 15 is 0 Å². The summed E-state index contributed by atoms with van der Waals surface area (Å²) in [5.41, 5.74) is -0.102. The summed E-state index contributed by atoms with van der Waals surface area (Å²) in [6, 6.07) is 4.80. The zero-order valence-electron chi connectivity index (χ0n) is 14.0. The van der Waals surface area contributed by atoms with E-state index in [-0.39, 0.29) is 18.1 Å². The lowest BCUT2D eigenvalue weighted by atomic mass is 10.2. The molecule has 0 radical (unpaired) electrons. The van der Waals surface area contributed by atoms with Crippen LogP contribution in [0.5, 0.6) is 0 Å². The third kappa shape index (κ3) is 5.61. The Morgan fingerprint density at radius 2 is 1.92 bits per heavy atom. The average molecular weight is 440 g/mol. The lowest BCUT2D eigenvalue weighted by molar-refractivity contribution is -0.150. The fourth-order valence-electron chi connectivity index (χ4n) is 1.96. The van der Waals surface area contributed by atoms with Crippen molar-refractivity contribution in [2.75, 3.05) is 6.61 Å². The van der Waals surface area contributed by atoms with E-state index in [9.17, 15) is 17.6 Å². The molecule has 4 nitrogen and oxygen atoms in total. The Morgan fingerprint density at radius 3 is 2.48 bits per heavy atom. The van der Waals surface area contributed by atoms with Gasteiger partial charge in [0.1, 0.15) is 12.5 Å². The predicted octanol–water partition coefficient (Wildman–Crippen LogP) is 5.18. The molecule has 25 heavy (non-hydrogen) atoms. The first kappa shape index (κ1) is 20.1. The molecule has 0 aliphatic heterocycles. The molecular formula is C15H18BrF4N3OSi. The normalized spacial score (nSPS) is 12.6. The number of benzene rings is 1. The van der Waals surface area contributed by atoms with Crippen molar-refractivity contribution in [3.8, 4) is 11.4 Å². The molecule has 0 aliphatic rings. The van der Waals surface area contributed by atoms with Crippen LogP contribution in [0.3, 0.4) is 0 Å². The van der Waals surface area contributed by atoms with Crippen LogP contribution in [0.25, 0.3) is 11.4 Å². The minimum absolute atomic E-state index is 0.102. The number of hydrogen-bond acceptors (Lipinski definition) is 3. The molecule has 1 aromatic carbocycles. The zero-order chi connectivity index (χ0) is 18.8. The second-order valence-electron chi connectivity index (χ2n) is 6.73. The Bertz CT molecular complexity index is 743. The summed E-state index contributed by atoms with van der Waals surface area (Å²) in [4.78, 5) is 3.47. The Kier molecular flexibility index (Phi) is 6.05. The lowest BCUT2D eigenvalue weighted by Crippen LogP contribution is -2.23. The molecule has 1 aromatic heterocycles. The second-order valence-corrected chi connectivity index (χ2v) is 13.3. The first-order valence-corrected chi connectivity index (χ1v) is 12.0. The van der Waals surface area contributed by atoms with Crippen LogP contribution < -0.4 is 0 Å². The minimum Gasteiger partial charge on any atom is -0.359 e. The van der Waals surface area contributed by atoms with E-state index in [1.54, 1.807) is 0 Å². The van der Waals surface area contributed by atoms with E-state index in [1.165, 1.54) is 12.1 Å². The number of halogens is 5. The maximum Gasteiger partial charge on any atom is 0.451 e. The molecule has 0 aliphatic carbocycles. The summed E-state index contributed by atoms with van der Waals surface area (Å²) in [7, 11) is -1.35. The van der Waals surface area contributed by atoms with Gasteiger partial charge in [0, 0.05) is 19.2 Å². The van der Waals surface area contributed by atoms with Crippen LogP contribution in [-0.4, -0.2) is 29.4 Å². The van der Waals surface area contributed by atoms with Crippen LogP contribution in [-0.2, 0) is 17.6 Å². The van der Waals surface area contributed by atoms with Crippen molar-refractivity contribution in [2.24, 2.45) is 0 Å². The van der Waals surface area contributed by atoms with Gasteiger partial charge in [0.05, 0.1) is 5.56 Å². The first-order chi connectivity index (χ1) is 11.5. The van der Waals surface area contributed by atoms with E-state index < -0.39 is 25.9 Å². The highest BCUT2D eigenvalue weighted by Crippen LogP contribution is 2.31. The van der Waals surface area contributed by atoms with Gasteiger partial charge in [-0.2, -0.15) is 13.2 Å². The Morgan fingerprint density at radius 1 is 1.24 bits per heavy atom. The summed E-state index contributed by atoms with van der Waals surface area (Å²) in [6.07, 6.45) is -4.71. The number of rotatable bonds is 6. The smallest absolute Gasteiger partial charge is 0.359 e. The standard InChI is InChI=1S/C15H18BrF4N3OSi/c1-25(2,3)7-6-24-9-23-14(15(18,19)20)21-13(22-23)11-5-4-10(16)8-12(11)17/h4-5,8H,6-7,9H2,1-3H3. The van der Waals surface area contributed by atoms with Gasteiger partial charge in [-0.25, -0.2) is 14.1 Å². The molecule has 0 N–H and O–H groups in total. The zero-order valence-corrected chi connectivity index (χ0v) is 16.6. The highest BCUT2D eigenvalue weighted by Gasteiger charge is 2.38. The van der Waals surface area contributed by atoms with Crippen LogP contribution in [0.2, 0.25) is 25.7 Å². The molecule has 0 bridgehead atoms. The van der Waals surface area contributed by atoms with Crippen LogP contribution >= 0.6 is 15.9 Å². The van der Waals surface area contributed by atoms with Crippen LogP contribution in [0.4, 0.5) is 17.6 Å². The molecule has 1 heterocycles. The van der Waals surface area contributed by atoms with Crippen molar-refractivity contribution in [2.45, 2.75) is 38.6 Å². The molecule has 0 saturated heterocycles. The van der Waals surface area contributed by atoms with Crippen molar-refractivity contribution in [3.63, 3.8) is 0 Å². The van der Waals surface area contributed by atoms with E-state index in [0.717, 1.165) is 12.1 Å². The van der Waals surface area contributed by atoms with Gasteiger partial charge in [-0.3, -0.25) is 0 Å². The summed E-state index contributed by atoms with van der Waals surface area (Å²) in [5.74, 6) is -2.25. The van der Waals surface area contributed by atoms with Crippen molar-refractivity contribution in [3.05, 3.63) is 34.3 Å². The van der Waals surface area contributed by atoms with Crippen LogP contribution in [0.1, 0.15) is 5.82 Å². The predicted molar refractivity (Wildman–Crippen MR) is 92.2 cm³/mol. The minimum atomic E-state index is -4.71. The van der Waals surface area contributed by atoms with Crippen LogP contribution in [0, 0.1) is 5.82 Å². The first-order valence-electron chi connectivity index (χ1n) is 7.52. The summed E-state index contributed by atoms with van der Waals surface area (Å²) in [6.45, 7) is 6.38. The second kappa shape index (κ2) is 7.54. The molecule has 2 rings (SSSR count). The average Bonchev–Trinajstić information content (AvgIpc) is 2.86. The molecule has 138 valence electrons. The summed E-state index contributed by atoms with van der Waals surface area (Å²) in [5, 5.41) is 3.79. The van der Waals surface area contributed by atoms with Gasteiger partial charge >= 0.3 is 6.18 Å². The highest BCUT2D eigenvalue weighted by atomic mass is 79.9. The molecule has 2 aromatic rings. The monoisotopic (exact) mass is 439 g/mol. The molecule has 0 unspecified atom stereocenters. The molecule has 10 heteroatoms. The molecule has 0 atom stereocenters. The van der Waals surface area contributed by atoms with Crippen molar-refractivity contribution in [1.82, 2.24) is 14.8 Å². The number of ether oxygens (including phenoxy) is 1. The van der Waals surface area contributed by atoms with E-state index in [1.807, 2.05) is 0 Å². The Labute approximate surface area is 152 Å². The van der Waals surface area contributed by atoms with Gasteiger partial charge in [0.25, 0.3) is 0 Å². The maximum absolute atomic E-state index is 14.0. The fraction of sp³-hybridized carbons (Fsp3) is 0.467. The Hall–Kier alpha value is -1.26. The third-order valence-electron chi connectivity index (χ3n) is 3.31. The quantitative estimate of drug-likeness (QED) is 0.353. The maximum atomic E-state index is 14.0. The van der Waals surface area contributed by atoms with E-state index in [2.05, 4.69) is 45.7 Å². The largest absolute Gasteiger partial charge is 0.451 e. The molecule has 0 amide bonds. The van der Waals surface area contributed by atoms with Gasteiger partial charge in [0.2, 0.25) is 5.82 Å². The Balaban J connectivity index is 2.25. The van der Waals surface area contributed by atoms with E-state index in [0.29, 0.717) is 15.8 Å². The molecular weight excluding hydrogens is 422 g/mol. The van der Waals surface area contributed by atoms with Crippen LogP contribution in [0.15, 0.2) is 22.7 Å². The van der Waals surface area contributed by atoms with Gasteiger partial charge in [0.15, 0.2) is 5.82 Å². The van der Waals surface area contributed by atoms with E-state index in [4.69, 9.17) is 4.74 Å².